The monoisotopic (exact) mass is 877 g/mol. The topological polar surface area (TPSA) is 175 Å². The number of hydrogen-bond acceptors (Lipinski definition) is 13. The first kappa shape index (κ1) is 42.3. The van der Waals surface area contributed by atoms with Crippen LogP contribution in [-0.4, -0.2) is 134 Å². The van der Waals surface area contributed by atoms with Crippen LogP contribution >= 0.6 is 0 Å². The zero-order valence-electron chi connectivity index (χ0n) is 36.6. The summed E-state index contributed by atoms with van der Waals surface area (Å²) in [5.74, 6) is 1.84. The van der Waals surface area contributed by atoms with Crippen LogP contribution in [0.15, 0.2) is 91.4 Å². The van der Waals surface area contributed by atoms with E-state index in [0.29, 0.717) is 36.8 Å². The first-order valence-corrected chi connectivity index (χ1v) is 23.0. The SMILES string of the molecule is Nc1ncnc2c1c(-c1ccc(Oc3ccccc3)cc1)nn2C1CCN(CC2CCN(/C=C/C(=O)CN3CCN(c4ccc5c(c4)CN(C4CCC(=O)NC4=O)C5=O)CC3)CC2)CC1. The molecule has 65 heavy (non-hydrogen) atoms. The number of carbonyl (C=O) groups is 4. The van der Waals surface area contributed by atoms with Gasteiger partial charge in [0.15, 0.2) is 11.4 Å². The molecule has 4 saturated heterocycles. The van der Waals surface area contributed by atoms with Crippen LogP contribution in [-0.2, 0) is 20.9 Å². The summed E-state index contributed by atoms with van der Waals surface area (Å²) < 4.78 is 8.09. The smallest absolute Gasteiger partial charge is 0.255 e. The zero-order chi connectivity index (χ0) is 44.4. The first-order valence-electron chi connectivity index (χ1n) is 23.0. The van der Waals surface area contributed by atoms with Crippen molar-refractivity contribution in [3.8, 4) is 22.8 Å². The van der Waals surface area contributed by atoms with Crippen LogP contribution in [0.2, 0.25) is 0 Å². The Hall–Kier alpha value is -6.65. The number of ether oxygens (including phenoxy) is 1. The molecule has 5 aromatic rings. The molecule has 0 bridgehead atoms. The van der Waals surface area contributed by atoms with E-state index in [1.165, 1.54) is 6.33 Å². The molecule has 0 saturated carbocycles. The van der Waals surface area contributed by atoms with Gasteiger partial charge in [-0.15, -0.1) is 0 Å². The number of carbonyl (C=O) groups excluding carboxylic acids is 4. The molecule has 4 fully saturated rings. The van der Waals surface area contributed by atoms with E-state index in [0.717, 1.165) is 130 Å². The molecule has 2 aromatic heterocycles. The first-order chi connectivity index (χ1) is 31.7. The molecular formula is C49H55N11O5. The highest BCUT2D eigenvalue weighted by molar-refractivity contribution is 6.05. The standard InChI is InChI=1S/C49H55N11O5/c50-46-44-45(34-6-9-40(10-7-34)65-39-4-2-1-3-5-39)54-60(47(44)52-32-51-46)36-16-21-56(22-17-36)29-33-14-19-55(20-15-33)23-18-38(61)31-57-24-26-58(27-25-57)37-8-11-41-35(28-37)30-59(49(41)64)42-12-13-43(62)53-48(42)63/h1-11,18,23,28,32-33,36,42H,12-17,19-22,24-27,29-31H2,(H2,50,51,52)(H,53,62,63)/b23-18+. The van der Waals surface area contributed by atoms with E-state index in [-0.39, 0.29) is 30.1 Å². The fourth-order valence-corrected chi connectivity index (χ4v) is 10.1. The molecule has 10 rings (SSSR count). The molecule has 1 unspecified atom stereocenters. The molecule has 0 aliphatic carbocycles. The van der Waals surface area contributed by atoms with Crippen molar-refractivity contribution in [3.05, 3.63) is 103 Å². The molecular weight excluding hydrogens is 823 g/mol. The predicted octanol–water partition coefficient (Wildman–Crippen LogP) is 4.88. The van der Waals surface area contributed by atoms with Gasteiger partial charge in [-0.3, -0.25) is 29.4 Å². The number of imide groups is 1. The maximum absolute atomic E-state index is 13.1. The summed E-state index contributed by atoms with van der Waals surface area (Å²) >= 11 is 0. The molecule has 3 aromatic carbocycles. The van der Waals surface area contributed by atoms with Crippen LogP contribution < -0.4 is 20.7 Å². The minimum atomic E-state index is -0.624. The van der Waals surface area contributed by atoms with E-state index in [9.17, 15) is 19.2 Å². The fourth-order valence-electron chi connectivity index (χ4n) is 10.1. The second-order valence-corrected chi connectivity index (χ2v) is 18.0. The molecule has 5 aliphatic heterocycles. The van der Waals surface area contributed by atoms with Gasteiger partial charge in [-0.05, 0) is 104 Å². The number of piperazine rings is 1. The van der Waals surface area contributed by atoms with Crippen molar-refractivity contribution in [2.75, 3.05) is 76.1 Å². The van der Waals surface area contributed by atoms with Gasteiger partial charge in [0.05, 0.1) is 18.0 Å². The number of rotatable bonds is 12. The quantitative estimate of drug-likeness (QED) is 0.128. The number of hydrogen-bond donors (Lipinski definition) is 2. The van der Waals surface area contributed by atoms with E-state index in [4.69, 9.17) is 15.6 Å². The average Bonchev–Trinajstić information content (AvgIpc) is 3.88. The lowest BCUT2D eigenvalue weighted by molar-refractivity contribution is -0.137. The molecule has 5 aliphatic rings. The van der Waals surface area contributed by atoms with Crippen LogP contribution in [0.5, 0.6) is 11.5 Å². The predicted molar refractivity (Wildman–Crippen MR) is 246 cm³/mol. The number of fused-ring (bicyclic) bond motifs is 2. The summed E-state index contributed by atoms with van der Waals surface area (Å²) in [6.45, 7) is 8.81. The lowest BCUT2D eigenvalue weighted by atomic mass is 9.95. The number of nitrogen functional groups attached to an aromatic ring is 1. The summed E-state index contributed by atoms with van der Waals surface area (Å²) in [7, 11) is 0. The molecule has 336 valence electrons. The molecule has 16 heteroatoms. The summed E-state index contributed by atoms with van der Waals surface area (Å²) in [6.07, 6.45) is 10.0. The van der Waals surface area contributed by atoms with Gasteiger partial charge >= 0.3 is 0 Å². The molecule has 0 spiro atoms. The van der Waals surface area contributed by atoms with Crippen molar-refractivity contribution in [2.24, 2.45) is 5.92 Å². The summed E-state index contributed by atoms with van der Waals surface area (Å²) in [4.78, 5) is 70.2. The number of para-hydroxylation sites is 1. The highest BCUT2D eigenvalue weighted by Crippen LogP contribution is 2.36. The minimum absolute atomic E-state index is 0.116. The van der Waals surface area contributed by atoms with Gasteiger partial charge in [0.1, 0.15) is 35.4 Å². The number of benzene rings is 3. The van der Waals surface area contributed by atoms with Crippen molar-refractivity contribution >= 4 is 46.0 Å². The zero-order valence-corrected chi connectivity index (χ0v) is 36.6. The number of nitrogens with two attached hydrogens (primary N) is 1. The molecule has 3 amide bonds. The second-order valence-electron chi connectivity index (χ2n) is 18.0. The molecule has 16 nitrogen and oxygen atoms in total. The van der Waals surface area contributed by atoms with Crippen LogP contribution in [0.4, 0.5) is 11.5 Å². The highest BCUT2D eigenvalue weighted by Gasteiger charge is 2.39. The summed E-state index contributed by atoms with van der Waals surface area (Å²) in [5, 5.41) is 8.27. The lowest BCUT2D eigenvalue weighted by Gasteiger charge is -2.37. The summed E-state index contributed by atoms with van der Waals surface area (Å²) in [5.41, 5.74) is 11.5. The maximum Gasteiger partial charge on any atom is 0.255 e. The normalized spacial score (nSPS) is 20.5. The van der Waals surface area contributed by atoms with Crippen molar-refractivity contribution in [1.29, 1.82) is 0 Å². The molecule has 0 radical (unpaired) electrons. The van der Waals surface area contributed by atoms with Gasteiger partial charge in [0, 0.05) is 94.9 Å². The number of nitrogens with zero attached hydrogens (tertiary/aromatic N) is 9. The fraction of sp³-hybridized carbons (Fsp3) is 0.408. The Morgan fingerprint density at radius 1 is 0.815 bits per heavy atom. The third kappa shape index (κ3) is 9.18. The van der Waals surface area contributed by atoms with E-state index in [2.05, 4.69) is 39.6 Å². The Bertz CT molecular complexity index is 2590. The van der Waals surface area contributed by atoms with E-state index in [1.54, 1.807) is 11.0 Å². The van der Waals surface area contributed by atoms with Crippen LogP contribution in [0.3, 0.4) is 0 Å². The van der Waals surface area contributed by atoms with E-state index in [1.807, 2.05) is 79.0 Å². The number of piperidine rings is 3. The van der Waals surface area contributed by atoms with Gasteiger partial charge in [0.25, 0.3) is 5.91 Å². The van der Waals surface area contributed by atoms with Gasteiger partial charge in [-0.1, -0.05) is 18.2 Å². The Morgan fingerprint density at radius 2 is 1.57 bits per heavy atom. The van der Waals surface area contributed by atoms with E-state index < -0.39 is 11.9 Å². The molecule has 1 atom stereocenters. The van der Waals surface area contributed by atoms with Gasteiger partial charge in [-0.25, -0.2) is 14.6 Å². The largest absolute Gasteiger partial charge is 0.457 e. The van der Waals surface area contributed by atoms with Crippen LogP contribution in [0.25, 0.3) is 22.3 Å². The molecule has 3 N–H and O–H groups in total. The third-order valence-electron chi connectivity index (χ3n) is 13.8. The van der Waals surface area contributed by atoms with Crippen LogP contribution in [0.1, 0.15) is 60.5 Å². The van der Waals surface area contributed by atoms with Crippen molar-refractivity contribution in [1.82, 2.24) is 44.7 Å². The van der Waals surface area contributed by atoms with Crippen LogP contribution in [0, 0.1) is 5.92 Å². The van der Waals surface area contributed by atoms with Gasteiger partial charge < -0.3 is 30.1 Å². The number of amides is 3. The number of anilines is 2. The Labute approximate surface area is 378 Å². The Balaban J connectivity index is 0.656. The van der Waals surface area contributed by atoms with E-state index >= 15 is 0 Å². The second kappa shape index (κ2) is 18.4. The minimum Gasteiger partial charge on any atom is -0.457 e. The Morgan fingerprint density at radius 3 is 2.32 bits per heavy atom. The third-order valence-corrected chi connectivity index (χ3v) is 13.8. The number of aromatic nitrogens is 4. The Kier molecular flexibility index (Phi) is 12.0. The number of nitrogens with one attached hydrogen (secondary N) is 1. The van der Waals surface area contributed by atoms with Crippen molar-refractivity contribution < 1.29 is 23.9 Å². The van der Waals surface area contributed by atoms with Gasteiger partial charge in [-0.2, -0.15) is 5.10 Å². The number of likely N-dealkylation sites (tertiary alicyclic amines) is 2. The molecule has 7 heterocycles. The highest BCUT2D eigenvalue weighted by atomic mass is 16.5. The van der Waals surface area contributed by atoms with Crippen molar-refractivity contribution in [2.45, 2.75) is 57.2 Å². The summed E-state index contributed by atoms with van der Waals surface area (Å²) in [6, 6.07) is 23.1. The maximum atomic E-state index is 13.1. The average molecular weight is 878 g/mol. The van der Waals surface area contributed by atoms with Gasteiger partial charge in [0.2, 0.25) is 11.8 Å². The van der Waals surface area contributed by atoms with Crippen molar-refractivity contribution in [3.63, 3.8) is 0 Å². The lowest BCUT2D eigenvalue weighted by Crippen LogP contribution is -2.52. The number of ketones is 1.